The minimum absolute atomic E-state index is 0.0189. The van der Waals surface area contributed by atoms with Crippen LogP contribution in [0.15, 0.2) is 48.5 Å². The highest BCUT2D eigenvalue weighted by Crippen LogP contribution is 2.31. The van der Waals surface area contributed by atoms with E-state index in [9.17, 15) is 9.59 Å². The predicted octanol–water partition coefficient (Wildman–Crippen LogP) is 3.28. The fourth-order valence-electron chi connectivity index (χ4n) is 3.01. The van der Waals surface area contributed by atoms with Gasteiger partial charge in [0.1, 0.15) is 0 Å². The summed E-state index contributed by atoms with van der Waals surface area (Å²) in [7, 11) is 0. The van der Waals surface area contributed by atoms with Crippen molar-refractivity contribution in [1.82, 2.24) is 0 Å². The van der Waals surface area contributed by atoms with E-state index in [-0.39, 0.29) is 11.7 Å². The number of benzene rings is 2. The van der Waals surface area contributed by atoms with Crippen molar-refractivity contribution < 1.29 is 9.59 Å². The molecule has 4 heteroatoms. The molecule has 0 fully saturated rings. The molecule has 1 aliphatic rings. The Morgan fingerprint density at radius 1 is 1.13 bits per heavy atom. The van der Waals surface area contributed by atoms with E-state index in [2.05, 4.69) is 29.3 Å². The maximum absolute atomic E-state index is 12.3. The molecule has 2 aromatic rings. The first-order valence-electron chi connectivity index (χ1n) is 7.80. The first kappa shape index (κ1) is 15.3. The monoisotopic (exact) mass is 308 g/mol. The zero-order valence-electron chi connectivity index (χ0n) is 13.4. The second kappa shape index (κ2) is 6.24. The van der Waals surface area contributed by atoms with Crippen LogP contribution in [0.2, 0.25) is 0 Å². The molecular weight excluding hydrogens is 288 g/mol. The van der Waals surface area contributed by atoms with Gasteiger partial charge in [-0.3, -0.25) is 9.59 Å². The van der Waals surface area contributed by atoms with E-state index >= 15 is 0 Å². The first-order chi connectivity index (χ1) is 11.0. The standard InChI is InChI=1S/C19H20N2O2/c1-13-11-16-5-3-4-6-18(16)21(13)12-19(23)20-17-9-7-15(8-10-17)14(2)22/h3-10,13H,11-12H2,1-2H3,(H,20,23)/t13-/m0/s1. The number of carbonyl (C=O) groups is 2. The molecule has 4 nitrogen and oxygen atoms in total. The van der Waals surface area contributed by atoms with E-state index in [1.807, 2.05) is 12.1 Å². The summed E-state index contributed by atoms with van der Waals surface area (Å²) >= 11 is 0. The number of hydrogen-bond donors (Lipinski definition) is 1. The van der Waals surface area contributed by atoms with Crippen LogP contribution >= 0.6 is 0 Å². The molecule has 0 radical (unpaired) electrons. The summed E-state index contributed by atoms with van der Waals surface area (Å²) in [6.07, 6.45) is 0.969. The molecule has 1 atom stereocenters. The highest BCUT2D eigenvalue weighted by molar-refractivity contribution is 5.97. The van der Waals surface area contributed by atoms with Crippen LogP contribution in [-0.2, 0) is 11.2 Å². The Morgan fingerprint density at radius 3 is 2.52 bits per heavy atom. The van der Waals surface area contributed by atoms with Gasteiger partial charge in [-0.2, -0.15) is 0 Å². The number of nitrogens with one attached hydrogen (secondary N) is 1. The van der Waals surface area contributed by atoms with E-state index in [1.54, 1.807) is 24.3 Å². The molecule has 23 heavy (non-hydrogen) atoms. The lowest BCUT2D eigenvalue weighted by Crippen LogP contribution is -2.37. The van der Waals surface area contributed by atoms with E-state index < -0.39 is 0 Å². The van der Waals surface area contributed by atoms with Crippen LogP contribution in [0.5, 0.6) is 0 Å². The van der Waals surface area contributed by atoms with Gasteiger partial charge in [0.15, 0.2) is 5.78 Å². The van der Waals surface area contributed by atoms with Gasteiger partial charge in [-0.15, -0.1) is 0 Å². The van der Waals surface area contributed by atoms with Gasteiger partial charge in [-0.1, -0.05) is 18.2 Å². The Balaban J connectivity index is 1.67. The molecule has 118 valence electrons. The summed E-state index contributed by atoms with van der Waals surface area (Å²) in [5, 5.41) is 2.89. The van der Waals surface area contributed by atoms with Gasteiger partial charge in [-0.05, 0) is 56.2 Å². The predicted molar refractivity (Wildman–Crippen MR) is 92.0 cm³/mol. The molecular formula is C19H20N2O2. The van der Waals surface area contributed by atoms with Crippen LogP contribution < -0.4 is 10.2 Å². The molecule has 0 aliphatic carbocycles. The van der Waals surface area contributed by atoms with Crippen LogP contribution in [0, 0.1) is 0 Å². The van der Waals surface area contributed by atoms with E-state index in [4.69, 9.17) is 0 Å². The maximum atomic E-state index is 12.3. The van der Waals surface area contributed by atoms with Gasteiger partial charge in [0.05, 0.1) is 6.54 Å². The lowest BCUT2D eigenvalue weighted by atomic mass is 10.1. The number of fused-ring (bicyclic) bond motifs is 1. The fourth-order valence-corrected chi connectivity index (χ4v) is 3.01. The van der Waals surface area contributed by atoms with Gasteiger partial charge < -0.3 is 10.2 Å². The summed E-state index contributed by atoms with van der Waals surface area (Å²) in [6, 6.07) is 15.5. The van der Waals surface area contributed by atoms with Crippen LogP contribution in [0.1, 0.15) is 29.8 Å². The highest BCUT2D eigenvalue weighted by atomic mass is 16.2. The molecule has 1 aliphatic heterocycles. The molecule has 1 amide bonds. The normalized spacial score (nSPS) is 16.1. The third-order valence-corrected chi connectivity index (χ3v) is 4.24. The Hall–Kier alpha value is -2.62. The lowest BCUT2D eigenvalue weighted by molar-refractivity contribution is -0.115. The van der Waals surface area contributed by atoms with E-state index in [0.29, 0.717) is 23.8 Å². The smallest absolute Gasteiger partial charge is 0.243 e. The number of ketones is 1. The van der Waals surface area contributed by atoms with Crippen molar-refractivity contribution in [3.63, 3.8) is 0 Å². The van der Waals surface area contributed by atoms with Gasteiger partial charge in [0.2, 0.25) is 5.91 Å². The number of rotatable bonds is 4. The lowest BCUT2D eigenvalue weighted by Gasteiger charge is -2.24. The quantitative estimate of drug-likeness (QED) is 0.882. The molecule has 1 N–H and O–H groups in total. The molecule has 0 saturated heterocycles. The maximum Gasteiger partial charge on any atom is 0.243 e. The number of anilines is 2. The molecule has 0 unspecified atom stereocenters. The summed E-state index contributed by atoms with van der Waals surface area (Å²) in [4.78, 5) is 25.7. The Kier molecular flexibility index (Phi) is 4.15. The minimum Gasteiger partial charge on any atom is -0.359 e. The van der Waals surface area contributed by atoms with Gasteiger partial charge in [0.25, 0.3) is 0 Å². The topological polar surface area (TPSA) is 49.4 Å². The molecule has 1 heterocycles. The number of para-hydroxylation sites is 1. The number of nitrogens with zero attached hydrogens (tertiary/aromatic N) is 1. The average molecular weight is 308 g/mol. The molecule has 3 rings (SSSR count). The fraction of sp³-hybridized carbons (Fsp3) is 0.263. The van der Waals surface area contributed by atoms with Crippen molar-refractivity contribution in [3.8, 4) is 0 Å². The molecule has 0 spiro atoms. The van der Waals surface area contributed by atoms with Gasteiger partial charge in [0, 0.05) is 23.0 Å². The molecule has 0 aromatic heterocycles. The van der Waals surface area contributed by atoms with Crippen LogP contribution in [0.3, 0.4) is 0 Å². The highest BCUT2D eigenvalue weighted by Gasteiger charge is 2.26. The van der Waals surface area contributed by atoms with Crippen molar-refractivity contribution >= 4 is 23.1 Å². The number of hydrogen-bond acceptors (Lipinski definition) is 3. The Labute approximate surface area is 136 Å². The Bertz CT molecular complexity index is 737. The number of carbonyl (C=O) groups excluding carboxylic acids is 2. The summed E-state index contributed by atoms with van der Waals surface area (Å²) in [5.74, 6) is -0.0329. The van der Waals surface area contributed by atoms with Gasteiger partial charge >= 0.3 is 0 Å². The second-order valence-electron chi connectivity index (χ2n) is 5.99. The molecule has 2 aromatic carbocycles. The summed E-state index contributed by atoms with van der Waals surface area (Å²) in [6.45, 7) is 3.99. The second-order valence-corrected chi connectivity index (χ2v) is 5.99. The van der Waals surface area contributed by atoms with Crippen molar-refractivity contribution in [1.29, 1.82) is 0 Å². The Morgan fingerprint density at radius 2 is 1.83 bits per heavy atom. The van der Waals surface area contributed by atoms with E-state index in [0.717, 1.165) is 12.1 Å². The zero-order chi connectivity index (χ0) is 16.4. The van der Waals surface area contributed by atoms with Crippen molar-refractivity contribution in [2.24, 2.45) is 0 Å². The van der Waals surface area contributed by atoms with Crippen molar-refractivity contribution in [3.05, 3.63) is 59.7 Å². The van der Waals surface area contributed by atoms with E-state index in [1.165, 1.54) is 12.5 Å². The summed E-state index contributed by atoms with van der Waals surface area (Å²) < 4.78 is 0. The molecule has 0 bridgehead atoms. The third kappa shape index (κ3) is 3.26. The van der Waals surface area contributed by atoms with Crippen molar-refractivity contribution in [2.75, 3.05) is 16.8 Å². The SMILES string of the molecule is CC(=O)c1ccc(NC(=O)CN2c3ccccc3C[C@@H]2C)cc1. The number of Topliss-reactive ketones (excluding diaryl/α,β-unsaturated/α-hetero) is 1. The first-order valence-corrected chi connectivity index (χ1v) is 7.80. The van der Waals surface area contributed by atoms with Crippen LogP contribution in [0.25, 0.3) is 0 Å². The zero-order valence-corrected chi connectivity index (χ0v) is 13.4. The minimum atomic E-state index is -0.0517. The number of amides is 1. The van der Waals surface area contributed by atoms with Crippen LogP contribution in [0.4, 0.5) is 11.4 Å². The largest absolute Gasteiger partial charge is 0.359 e. The van der Waals surface area contributed by atoms with Crippen LogP contribution in [-0.4, -0.2) is 24.3 Å². The average Bonchev–Trinajstić information content (AvgIpc) is 2.84. The third-order valence-electron chi connectivity index (χ3n) is 4.24. The van der Waals surface area contributed by atoms with Crippen molar-refractivity contribution in [2.45, 2.75) is 26.3 Å². The molecule has 0 saturated carbocycles. The van der Waals surface area contributed by atoms with Gasteiger partial charge in [-0.25, -0.2) is 0 Å². The summed E-state index contributed by atoms with van der Waals surface area (Å²) in [5.41, 5.74) is 3.78.